The van der Waals surface area contributed by atoms with Crippen molar-refractivity contribution in [1.82, 2.24) is 20.1 Å². The van der Waals surface area contributed by atoms with Gasteiger partial charge in [-0.2, -0.15) is 0 Å². The summed E-state index contributed by atoms with van der Waals surface area (Å²) in [6.07, 6.45) is 0. The van der Waals surface area contributed by atoms with Crippen molar-refractivity contribution in [1.29, 1.82) is 0 Å². The van der Waals surface area contributed by atoms with Crippen molar-refractivity contribution in [3.8, 4) is 0 Å². The van der Waals surface area contributed by atoms with Crippen molar-refractivity contribution in [2.75, 3.05) is 6.54 Å². The molecule has 0 atom stereocenters. The fourth-order valence-corrected chi connectivity index (χ4v) is 2.76. The number of aryl methyl sites for hydroxylation is 1. The first-order valence-corrected chi connectivity index (χ1v) is 7.34. The molecule has 0 spiro atoms. The van der Waals surface area contributed by atoms with Gasteiger partial charge in [-0.15, -0.1) is 10.2 Å². The Hall–Kier alpha value is -1.04. The third-order valence-electron chi connectivity index (χ3n) is 2.84. The Labute approximate surface area is 122 Å². The summed E-state index contributed by atoms with van der Waals surface area (Å²) in [5, 5.41) is 13.2. The van der Waals surface area contributed by atoms with Crippen molar-refractivity contribution in [2.24, 2.45) is 7.05 Å². The third-order valence-corrected chi connectivity index (χ3v) is 4.23. The van der Waals surface area contributed by atoms with E-state index in [0.29, 0.717) is 0 Å². The molecule has 1 aromatic heterocycles. The molecule has 0 aliphatic rings. The van der Waals surface area contributed by atoms with Crippen LogP contribution in [-0.4, -0.2) is 21.3 Å². The van der Waals surface area contributed by atoms with Gasteiger partial charge in [-0.25, -0.2) is 0 Å². The van der Waals surface area contributed by atoms with E-state index < -0.39 is 0 Å². The molecule has 4 nitrogen and oxygen atoms in total. The standard InChI is InChI=1S/C13H17ClN4S/c1-4-15-8-10-7-11(14)5-6-12(10)19-13-17-16-9(2)18(13)3/h5-7,15H,4,8H2,1-3H3. The average Bonchev–Trinajstić information content (AvgIpc) is 2.71. The zero-order valence-electron chi connectivity index (χ0n) is 11.3. The molecule has 1 aromatic carbocycles. The topological polar surface area (TPSA) is 42.7 Å². The highest BCUT2D eigenvalue weighted by Gasteiger charge is 2.10. The van der Waals surface area contributed by atoms with Gasteiger partial charge in [0.2, 0.25) is 0 Å². The predicted molar refractivity (Wildman–Crippen MR) is 78.7 cm³/mol. The lowest BCUT2D eigenvalue weighted by Crippen LogP contribution is -2.12. The van der Waals surface area contributed by atoms with E-state index in [1.807, 2.05) is 36.7 Å². The number of halogens is 1. The summed E-state index contributed by atoms with van der Waals surface area (Å²) in [7, 11) is 1.97. The number of hydrogen-bond acceptors (Lipinski definition) is 4. The minimum Gasteiger partial charge on any atom is -0.313 e. The molecule has 2 aromatic rings. The second kappa shape index (κ2) is 6.41. The Bertz CT molecular complexity index is 568. The van der Waals surface area contributed by atoms with Crippen molar-refractivity contribution in [3.63, 3.8) is 0 Å². The molecule has 0 saturated heterocycles. The van der Waals surface area contributed by atoms with Gasteiger partial charge in [0.1, 0.15) is 5.82 Å². The Morgan fingerprint density at radius 2 is 2.16 bits per heavy atom. The Morgan fingerprint density at radius 3 is 2.79 bits per heavy atom. The maximum atomic E-state index is 6.06. The van der Waals surface area contributed by atoms with Crippen LogP contribution < -0.4 is 5.32 Å². The lowest BCUT2D eigenvalue weighted by atomic mass is 10.2. The van der Waals surface area contributed by atoms with Gasteiger partial charge in [0, 0.05) is 23.5 Å². The average molecular weight is 297 g/mol. The second-order valence-electron chi connectivity index (χ2n) is 4.22. The van der Waals surface area contributed by atoms with E-state index in [2.05, 4.69) is 22.4 Å². The van der Waals surface area contributed by atoms with E-state index in [9.17, 15) is 0 Å². The second-order valence-corrected chi connectivity index (χ2v) is 5.67. The van der Waals surface area contributed by atoms with E-state index in [4.69, 9.17) is 11.6 Å². The van der Waals surface area contributed by atoms with Gasteiger partial charge < -0.3 is 9.88 Å². The SMILES string of the molecule is CCNCc1cc(Cl)ccc1Sc1nnc(C)n1C. The maximum absolute atomic E-state index is 6.06. The minimum atomic E-state index is 0.756. The van der Waals surface area contributed by atoms with E-state index in [1.54, 1.807) is 11.8 Å². The fourth-order valence-electron chi connectivity index (χ4n) is 1.62. The van der Waals surface area contributed by atoms with Crippen LogP contribution in [0.15, 0.2) is 28.3 Å². The molecule has 0 amide bonds. The van der Waals surface area contributed by atoms with Gasteiger partial charge in [-0.1, -0.05) is 18.5 Å². The summed E-state index contributed by atoms with van der Waals surface area (Å²) in [5.74, 6) is 0.907. The minimum absolute atomic E-state index is 0.756. The molecule has 0 fully saturated rings. The first-order chi connectivity index (χ1) is 9.11. The predicted octanol–water partition coefficient (Wildman–Crippen LogP) is 3.04. The summed E-state index contributed by atoms with van der Waals surface area (Å²) in [6.45, 7) is 5.76. The molecule has 1 N–H and O–H groups in total. The number of rotatable bonds is 5. The smallest absolute Gasteiger partial charge is 0.195 e. The molecule has 6 heteroatoms. The van der Waals surface area contributed by atoms with Crippen LogP contribution in [0, 0.1) is 6.92 Å². The summed E-state index contributed by atoms with van der Waals surface area (Å²) in [5.41, 5.74) is 1.18. The molecule has 0 aliphatic heterocycles. The zero-order chi connectivity index (χ0) is 13.8. The molecule has 102 valence electrons. The largest absolute Gasteiger partial charge is 0.313 e. The van der Waals surface area contributed by atoms with Crippen LogP contribution in [0.2, 0.25) is 5.02 Å². The summed E-state index contributed by atoms with van der Waals surface area (Å²) < 4.78 is 1.98. The van der Waals surface area contributed by atoms with Crippen LogP contribution in [0.4, 0.5) is 0 Å². The Balaban J connectivity index is 2.26. The zero-order valence-corrected chi connectivity index (χ0v) is 12.8. The number of benzene rings is 1. The van der Waals surface area contributed by atoms with Crippen LogP contribution in [0.1, 0.15) is 18.3 Å². The molecule has 1 heterocycles. The molecule has 0 saturated carbocycles. The molecule has 2 rings (SSSR count). The van der Waals surface area contributed by atoms with Crippen LogP contribution in [0.25, 0.3) is 0 Å². The lowest BCUT2D eigenvalue weighted by Gasteiger charge is -2.09. The van der Waals surface area contributed by atoms with Crippen molar-refractivity contribution in [3.05, 3.63) is 34.6 Å². The summed E-state index contributed by atoms with van der Waals surface area (Å²) >= 11 is 7.68. The van der Waals surface area contributed by atoms with Crippen LogP contribution >= 0.6 is 23.4 Å². The van der Waals surface area contributed by atoms with Gasteiger partial charge in [-0.3, -0.25) is 0 Å². The van der Waals surface area contributed by atoms with Crippen LogP contribution in [0.5, 0.6) is 0 Å². The molecule has 19 heavy (non-hydrogen) atoms. The van der Waals surface area contributed by atoms with E-state index >= 15 is 0 Å². The van der Waals surface area contributed by atoms with Gasteiger partial charge in [-0.05, 0) is 49.0 Å². The first-order valence-electron chi connectivity index (χ1n) is 6.14. The number of nitrogens with one attached hydrogen (secondary N) is 1. The van der Waals surface area contributed by atoms with Crippen molar-refractivity contribution < 1.29 is 0 Å². The molecule has 0 bridgehead atoms. The quantitative estimate of drug-likeness (QED) is 0.921. The Morgan fingerprint density at radius 1 is 1.37 bits per heavy atom. The maximum Gasteiger partial charge on any atom is 0.195 e. The van der Waals surface area contributed by atoms with Crippen molar-refractivity contribution >= 4 is 23.4 Å². The van der Waals surface area contributed by atoms with Crippen LogP contribution in [0.3, 0.4) is 0 Å². The summed E-state index contributed by atoms with van der Waals surface area (Å²) in [4.78, 5) is 1.15. The fraction of sp³-hybridized carbons (Fsp3) is 0.385. The van der Waals surface area contributed by atoms with Gasteiger partial charge >= 0.3 is 0 Å². The van der Waals surface area contributed by atoms with Crippen LogP contribution in [-0.2, 0) is 13.6 Å². The molecule has 0 radical (unpaired) electrons. The first kappa shape index (κ1) is 14.4. The molecule has 0 aliphatic carbocycles. The highest BCUT2D eigenvalue weighted by Crippen LogP contribution is 2.30. The van der Waals surface area contributed by atoms with Crippen molar-refractivity contribution in [2.45, 2.75) is 30.4 Å². The normalized spacial score (nSPS) is 10.9. The highest BCUT2D eigenvalue weighted by atomic mass is 35.5. The van der Waals surface area contributed by atoms with E-state index in [0.717, 1.165) is 34.0 Å². The van der Waals surface area contributed by atoms with Gasteiger partial charge in [0.15, 0.2) is 5.16 Å². The number of hydrogen-bond donors (Lipinski definition) is 1. The molecular weight excluding hydrogens is 280 g/mol. The van der Waals surface area contributed by atoms with Gasteiger partial charge in [0.05, 0.1) is 0 Å². The Kier molecular flexibility index (Phi) is 4.85. The molecular formula is C13H17ClN4S. The number of nitrogens with zero attached hydrogens (tertiary/aromatic N) is 3. The summed E-state index contributed by atoms with van der Waals surface area (Å²) in [6, 6.07) is 5.93. The monoisotopic (exact) mass is 296 g/mol. The third kappa shape index (κ3) is 3.49. The van der Waals surface area contributed by atoms with E-state index in [1.165, 1.54) is 5.56 Å². The highest BCUT2D eigenvalue weighted by molar-refractivity contribution is 7.99. The van der Waals surface area contributed by atoms with Gasteiger partial charge in [0.25, 0.3) is 0 Å². The lowest BCUT2D eigenvalue weighted by molar-refractivity contribution is 0.717. The molecule has 0 unspecified atom stereocenters. The van der Waals surface area contributed by atoms with E-state index in [-0.39, 0.29) is 0 Å². The number of aromatic nitrogens is 3.